The summed E-state index contributed by atoms with van der Waals surface area (Å²) >= 11 is 0. The lowest BCUT2D eigenvalue weighted by Crippen LogP contribution is -2.30. The van der Waals surface area contributed by atoms with Gasteiger partial charge in [-0.25, -0.2) is 0 Å². The van der Waals surface area contributed by atoms with Crippen molar-refractivity contribution >= 4 is 23.9 Å². The van der Waals surface area contributed by atoms with E-state index in [0.717, 1.165) is 42.2 Å². The van der Waals surface area contributed by atoms with E-state index in [1.807, 2.05) is 12.2 Å². The van der Waals surface area contributed by atoms with E-state index in [1.165, 1.54) is 16.3 Å². The Labute approximate surface area is 139 Å². The van der Waals surface area contributed by atoms with Crippen LogP contribution >= 0.6 is 0 Å². The zero-order valence-corrected chi connectivity index (χ0v) is 14.2. The summed E-state index contributed by atoms with van der Waals surface area (Å²) in [4.78, 5) is 0. The van der Waals surface area contributed by atoms with Crippen LogP contribution in [0.4, 0.5) is 5.69 Å². The highest BCUT2D eigenvalue weighted by Gasteiger charge is 2.07. The Balaban J connectivity index is 2.68. The van der Waals surface area contributed by atoms with Crippen LogP contribution in [0, 0.1) is 11.8 Å². The van der Waals surface area contributed by atoms with E-state index >= 15 is 0 Å². The minimum atomic E-state index is 0.772. The fraction of sp³-hybridized carbons (Fsp3) is 0.273. The van der Waals surface area contributed by atoms with Crippen LogP contribution in [0.5, 0.6) is 0 Å². The van der Waals surface area contributed by atoms with E-state index in [1.54, 1.807) is 0 Å². The van der Waals surface area contributed by atoms with Crippen molar-refractivity contribution in [1.29, 1.82) is 0 Å². The van der Waals surface area contributed by atoms with Crippen molar-refractivity contribution in [2.45, 2.75) is 39.5 Å². The maximum Gasteiger partial charge on any atom is 0.0429 e. The molecule has 0 heterocycles. The molecule has 2 rings (SSSR count). The maximum atomic E-state index is 6.51. The number of fused-ring (bicyclic) bond motifs is 1. The van der Waals surface area contributed by atoms with Crippen LogP contribution in [-0.4, -0.2) is 0 Å². The van der Waals surface area contributed by atoms with Gasteiger partial charge in [0.2, 0.25) is 0 Å². The highest BCUT2D eigenvalue weighted by atomic mass is 14.6. The monoisotopic (exact) mass is 303 g/mol. The van der Waals surface area contributed by atoms with Gasteiger partial charge in [-0.2, -0.15) is 0 Å². The Kier molecular flexibility index (Phi) is 6.06. The van der Waals surface area contributed by atoms with Crippen LogP contribution in [0.2, 0.25) is 0 Å². The Morgan fingerprint density at radius 1 is 1.26 bits per heavy atom. The summed E-state index contributed by atoms with van der Waals surface area (Å²) < 4.78 is 0. The van der Waals surface area contributed by atoms with Crippen molar-refractivity contribution in [2.75, 3.05) is 5.73 Å². The van der Waals surface area contributed by atoms with Crippen LogP contribution in [0.25, 0.3) is 18.2 Å². The van der Waals surface area contributed by atoms with E-state index in [2.05, 4.69) is 62.6 Å². The molecule has 2 N–H and O–H groups in total. The molecule has 1 aromatic rings. The molecule has 0 aromatic heterocycles. The molecule has 23 heavy (non-hydrogen) atoms. The molecule has 0 unspecified atom stereocenters. The van der Waals surface area contributed by atoms with Gasteiger partial charge < -0.3 is 5.73 Å². The van der Waals surface area contributed by atoms with E-state index in [0.29, 0.717) is 0 Å². The minimum Gasteiger partial charge on any atom is -0.398 e. The second-order valence-electron chi connectivity index (χ2n) is 5.63. The van der Waals surface area contributed by atoms with Crippen molar-refractivity contribution in [3.63, 3.8) is 0 Å². The number of hydrogen-bond donors (Lipinski definition) is 1. The first-order valence-electron chi connectivity index (χ1n) is 8.24. The SMILES string of the molecule is C=C1C=Cc2cc(=C/C)/c(=C\CC)c(N)c2CCC#CC/C=C\1. The van der Waals surface area contributed by atoms with Gasteiger partial charge in [0.05, 0.1) is 0 Å². The smallest absolute Gasteiger partial charge is 0.0429 e. The minimum absolute atomic E-state index is 0.772. The normalized spacial score (nSPS) is 17.7. The number of anilines is 1. The van der Waals surface area contributed by atoms with Crippen molar-refractivity contribution in [2.24, 2.45) is 0 Å². The molecule has 1 aromatic carbocycles. The summed E-state index contributed by atoms with van der Waals surface area (Å²) in [5.41, 5.74) is 10.7. The third-order valence-electron chi connectivity index (χ3n) is 3.96. The fourth-order valence-corrected chi connectivity index (χ4v) is 2.77. The van der Waals surface area contributed by atoms with Crippen LogP contribution in [0.3, 0.4) is 0 Å². The second-order valence-corrected chi connectivity index (χ2v) is 5.63. The van der Waals surface area contributed by atoms with E-state index in [9.17, 15) is 0 Å². The Hall–Kier alpha value is -2.46. The first-order chi connectivity index (χ1) is 11.2. The van der Waals surface area contributed by atoms with Crippen molar-refractivity contribution in [1.82, 2.24) is 0 Å². The lowest BCUT2D eigenvalue weighted by atomic mass is 9.96. The first kappa shape index (κ1) is 16.9. The summed E-state index contributed by atoms with van der Waals surface area (Å²) in [7, 11) is 0. The van der Waals surface area contributed by atoms with Gasteiger partial charge in [0, 0.05) is 23.7 Å². The molecule has 118 valence electrons. The summed E-state index contributed by atoms with van der Waals surface area (Å²) in [6.07, 6.45) is 16.0. The Bertz CT molecular complexity index is 823. The van der Waals surface area contributed by atoms with Gasteiger partial charge in [0.15, 0.2) is 0 Å². The quantitative estimate of drug-likeness (QED) is 0.621. The van der Waals surface area contributed by atoms with Crippen molar-refractivity contribution < 1.29 is 0 Å². The van der Waals surface area contributed by atoms with Crippen molar-refractivity contribution in [3.8, 4) is 11.8 Å². The molecule has 0 aliphatic heterocycles. The van der Waals surface area contributed by atoms with Crippen LogP contribution in [-0.2, 0) is 6.42 Å². The Morgan fingerprint density at radius 2 is 2.09 bits per heavy atom. The van der Waals surface area contributed by atoms with Gasteiger partial charge in [0.1, 0.15) is 0 Å². The van der Waals surface area contributed by atoms with Gasteiger partial charge in [0.25, 0.3) is 0 Å². The van der Waals surface area contributed by atoms with E-state index < -0.39 is 0 Å². The van der Waals surface area contributed by atoms with Gasteiger partial charge in [-0.05, 0) is 47.8 Å². The zero-order valence-electron chi connectivity index (χ0n) is 14.2. The predicted octanol–water partition coefficient (Wildman–Crippen LogP) is 3.73. The molecule has 0 atom stereocenters. The number of hydrogen-bond acceptors (Lipinski definition) is 1. The molecule has 1 nitrogen and oxygen atoms in total. The van der Waals surface area contributed by atoms with Crippen LogP contribution in [0.15, 0.2) is 36.4 Å². The lowest BCUT2D eigenvalue weighted by Gasteiger charge is -2.11. The number of nitrogens with two attached hydrogens (primary N) is 1. The summed E-state index contributed by atoms with van der Waals surface area (Å²) in [6, 6.07) is 2.22. The van der Waals surface area contributed by atoms with E-state index in [4.69, 9.17) is 5.73 Å². The fourth-order valence-electron chi connectivity index (χ4n) is 2.77. The van der Waals surface area contributed by atoms with Gasteiger partial charge in [-0.1, -0.05) is 55.9 Å². The summed E-state index contributed by atoms with van der Waals surface area (Å²) in [5, 5.41) is 2.34. The maximum absolute atomic E-state index is 6.51. The molecule has 0 radical (unpaired) electrons. The number of nitrogen functional groups attached to an aromatic ring is 1. The van der Waals surface area contributed by atoms with Crippen LogP contribution < -0.4 is 16.2 Å². The average Bonchev–Trinajstić information content (AvgIpc) is 2.54. The molecule has 0 fully saturated rings. The molecule has 0 saturated heterocycles. The largest absolute Gasteiger partial charge is 0.398 e. The summed E-state index contributed by atoms with van der Waals surface area (Å²) in [5.74, 6) is 6.42. The topological polar surface area (TPSA) is 26.0 Å². The molecule has 0 bridgehead atoms. The van der Waals surface area contributed by atoms with Gasteiger partial charge in [-0.3, -0.25) is 0 Å². The number of benzene rings is 1. The molecule has 1 aliphatic carbocycles. The molecule has 0 saturated carbocycles. The first-order valence-corrected chi connectivity index (χ1v) is 8.24. The highest BCUT2D eigenvalue weighted by molar-refractivity contribution is 5.67. The molecular formula is C22H25N. The predicted molar refractivity (Wildman–Crippen MR) is 103 cm³/mol. The van der Waals surface area contributed by atoms with Crippen LogP contribution in [0.1, 0.15) is 44.2 Å². The molecular weight excluding hydrogens is 278 g/mol. The third-order valence-corrected chi connectivity index (χ3v) is 3.96. The van der Waals surface area contributed by atoms with Gasteiger partial charge in [-0.15, -0.1) is 5.92 Å². The molecule has 1 aliphatic rings. The molecule has 1 heteroatoms. The third kappa shape index (κ3) is 4.27. The number of rotatable bonds is 1. The molecule has 0 spiro atoms. The Morgan fingerprint density at radius 3 is 2.83 bits per heavy atom. The van der Waals surface area contributed by atoms with Gasteiger partial charge >= 0.3 is 0 Å². The number of allylic oxidation sites excluding steroid dienone is 4. The highest BCUT2D eigenvalue weighted by Crippen LogP contribution is 2.17. The molecule has 0 amide bonds. The summed E-state index contributed by atoms with van der Waals surface area (Å²) in [6.45, 7) is 8.26. The average molecular weight is 303 g/mol. The zero-order chi connectivity index (χ0) is 16.7. The lowest BCUT2D eigenvalue weighted by molar-refractivity contribution is 1.02. The van der Waals surface area contributed by atoms with E-state index in [-0.39, 0.29) is 0 Å². The van der Waals surface area contributed by atoms with Crippen molar-refractivity contribution in [3.05, 3.63) is 58.0 Å². The standard InChI is InChI=1S/C22H25N/c1-4-11-20-18(5-2)16-19-15-14-17(3)12-9-7-6-8-10-13-21(19)22(20)23/h5,9,11-12,14-16H,3-4,7,10,13,23H2,1-2H3/b12-9-,15-14?,18-5-,20-11+. The second kappa shape index (κ2) is 8.25.